The Kier molecular flexibility index (Phi) is 5.03. The van der Waals surface area contributed by atoms with Gasteiger partial charge >= 0.3 is 0 Å². The van der Waals surface area contributed by atoms with E-state index < -0.39 is 9.84 Å². The van der Waals surface area contributed by atoms with Gasteiger partial charge in [-0.05, 0) is 18.2 Å². The first-order valence-corrected chi connectivity index (χ1v) is 8.21. The van der Waals surface area contributed by atoms with Crippen molar-refractivity contribution in [2.45, 2.75) is 4.90 Å². The first-order valence-electron chi connectivity index (χ1n) is 5.16. The van der Waals surface area contributed by atoms with E-state index in [2.05, 4.69) is 0 Å². The average molecular weight is 288 g/mol. The highest BCUT2D eigenvalue weighted by atomic mass is 32.2. The first-order chi connectivity index (χ1) is 8.33. The van der Waals surface area contributed by atoms with Gasteiger partial charge in [-0.1, -0.05) is 0 Å². The molecule has 1 aromatic carbocycles. The van der Waals surface area contributed by atoms with Crippen LogP contribution in [0.3, 0.4) is 0 Å². The molecule has 0 fully saturated rings. The van der Waals surface area contributed by atoms with Crippen LogP contribution in [0.5, 0.6) is 5.75 Å². The second-order valence-electron chi connectivity index (χ2n) is 3.75. The number of amidine groups is 1. The molecule has 7 heteroatoms. The van der Waals surface area contributed by atoms with Gasteiger partial charge in [-0.25, -0.2) is 8.42 Å². The fourth-order valence-electron chi connectivity index (χ4n) is 1.27. The standard InChI is InChI=1S/C11H16N2O3S2/c1-16-8-3-4-9(11(12)13)10(7-8)17-5-6-18(2,14)15/h3-4,7H,5-6H2,1-2H3,(H3,12,13). The van der Waals surface area contributed by atoms with Crippen molar-refractivity contribution in [2.75, 3.05) is 24.9 Å². The highest BCUT2D eigenvalue weighted by molar-refractivity contribution is 8.00. The summed E-state index contributed by atoms with van der Waals surface area (Å²) in [4.78, 5) is 0.755. The van der Waals surface area contributed by atoms with Gasteiger partial charge in [0.25, 0.3) is 0 Å². The molecule has 0 radical (unpaired) electrons. The molecule has 0 aliphatic heterocycles. The molecule has 0 saturated heterocycles. The van der Waals surface area contributed by atoms with Crippen molar-refractivity contribution in [3.05, 3.63) is 23.8 Å². The van der Waals surface area contributed by atoms with E-state index in [9.17, 15) is 8.42 Å². The molecule has 1 aromatic rings. The lowest BCUT2D eigenvalue weighted by Gasteiger charge is -2.09. The summed E-state index contributed by atoms with van der Waals surface area (Å²) < 4.78 is 27.2. The van der Waals surface area contributed by atoms with Crippen molar-refractivity contribution in [2.24, 2.45) is 5.73 Å². The van der Waals surface area contributed by atoms with E-state index >= 15 is 0 Å². The smallest absolute Gasteiger partial charge is 0.148 e. The Morgan fingerprint density at radius 1 is 1.50 bits per heavy atom. The minimum absolute atomic E-state index is 0.0421. The number of methoxy groups -OCH3 is 1. The number of thioether (sulfide) groups is 1. The van der Waals surface area contributed by atoms with E-state index in [4.69, 9.17) is 15.9 Å². The van der Waals surface area contributed by atoms with E-state index in [1.165, 1.54) is 18.0 Å². The Morgan fingerprint density at radius 2 is 2.17 bits per heavy atom. The lowest BCUT2D eigenvalue weighted by Crippen LogP contribution is -2.13. The first kappa shape index (κ1) is 14.8. The molecule has 0 aliphatic rings. The maximum absolute atomic E-state index is 11.1. The molecular formula is C11H16N2O3S2. The average Bonchev–Trinajstić information content (AvgIpc) is 2.26. The summed E-state index contributed by atoms with van der Waals surface area (Å²) in [5.41, 5.74) is 6.07. The van der Waals surface area contributed by atoms with Gasteiger partial charge in [-0.2, -0.15) is 0 Å². The number of ether oxygens (including phenoxy) is 1. The Bertz CT molecular complexity index is 541. The highest BCUT2D eigenvalue weighted by Crippen LogP contribution is 2.27. The minimum atomic E-state index is -2.98. The number of nitrogens with two attached hydrogens (primary N) is 1. The van der Waals surface area contributed by atoms with E-state index in [1.807, 2.05) is 0 Å². The molecule has 18 heavy (non-hydrogen) atoms. The van der Waals surface area contributed by atoms with E-state index in [-0.39, 0.29) is 11.6 Å². The summed E-state index contributed by atoms with van der Waals surface area (Å²) in [6.45, 7) is 0. The van der Waals surface area contributed by atoms with Gasteiger partial charge in [0.1, 0.15) is 21.4 Å². The monoisotopic (exact) mass is 288 g/mol. The van der Waals surface area contributed by atoms with E-state index in [0.717, 1.165) is 4.90 Å². The van der Waals surface area contributed by atoms with Crippen LogP contribution in [0, 0.1) is 5.41 Å². The zero-order chi connectivity index (χ0) is 13.8. The van der Waals surface area contributed by atoms with Crippen LogP contribution in [0.4, 0.5) is 0 Å². The van der Waals surface area contributed by atoms with Crippen molar-refractivity contribution >= 4 is 27.4 Å². The van der Waals surface area contributed by atoms with Gasteiger partial charge in [0.2, 0.25) is 0 Å². The summed E-state index contributed by atoms with van der Waals surface area (Å²) >= 11 is 1.35. The van der Waals surface area contributed by atoms with Crippen molar-refractivity contribution < 1.29 is 13.2 Å². The Hall–Kier alpha value is -1.21. The summed E-state index contributed by atoms with van der Waals surface area (Å²) in [5, 5.41) is 7.47. The summed E-state index contributed by atoms with van der Waals surface area (Å²) in [6.07, 6.45) is 1.20. The lowest BCUT2D eigenvalue weighted by molar-refractivity contribution is 0.413. The molecule has 1 rings (SSSR count). The third-order valence-corrected chi connectivity index (χ3v) is 4.45. The largest absolute Gasteiger partial charge is 0.497 e. The number of hydrogen-bond donors (Lipinski definition) is 2. The fraction of sp³-hybridized carbons (Fsp3) is 0.364. The summed E-state index contributed by atoms with van der Waals surface area (Å²) in [6, 6.07) is 5.17. The molecule has 0 unspecified atom stereocenters. The molecule has 3 N–H and O–H groups in total. The summed E-state index contributed by atoms with van der Waals surface area (Å²) in [5.74, 6) is 1.12. The van der Waals surface area contributed by atoms with Crippen molar-refractivity contribution in [3.63, 3.8) is 0 Å². The van der Waals surface area contributed by atoms with Gasteiger partial charge < -0.3 is 10.5 Å². The van der Waals surface area contributed by atoms with Crippen molar-refractivity contribution in [1.29, 1.82) is 5.41 Å². The number of nitrogens with one attached hydrogen (secondary N) is 1. The molecular weight excluding hydrogens is 272 g/mol. The fourth-order valence-corrected chi connectivity index (χ4v) is 3.57. The molecule has 0 heterocycles. The molecule has 0 atom stereocenters. The molecule has 0 amide bonds. The van der Waals surface area contributed by atoms with Crippen LogP contribution in [-0.4, -0.2) is 39.1 Å². The van der Waals surface area contributed by atoms with Gasteiger partial charge in [0.05, 0.1) is 12.9 Å². The molecule has 0 bridgehead atoms. The van der Waals surface area contributed by atoms with Crippen LogP contribution in [0.25, 0.3) is 0 Å². The second-order valence-corrected chi connectivity index (χ2v) is 7.15. The SMILES string of the molecule is COc1ccc(C(=N)N)c(SCCS(C)(=O)=O)c1. The van der Waals surface area contributed by atoms with Crippen LogP contribution in [0.1, 0.15) is 5.56 Å². The molecule has 5 nitrogen and oxygen atoms in total. The predicted molar refractivity (Wildman–Crippen MR) is 74.4 cm³/mol. The molecule has 0 spiro atoms. The third-order valence-electron chi connectivity index (χ3n) is 2.19. The van der Waals surface area contributed by atoms with E-state index in [0.29, 0.717) is 17.1 Å². The van der Waals surface area contributed by atoms with Gasteiger partial charge in [-0.15, -0.1) is 11.8 Å². The van der Waals surface area contributed by atoms with E-state index in [1.54, 1.807) is 25.3 Å². The topological polar surface area (TPSA) is 93.2 Å². The number of hydrogen-bond acceptors (Lipinski definition) is 5. The Balaban J connectivity index is 2.87. The van der Waals surface area contributed by atoms with Crippen LogP contribution in [0.2, 0.25) is 0 Å². The van der Waals surface area contributed by atoms with Crippen LogP contribution < -0.4 is 10.5 Å². The molecule has 0 aliphatic carbocycles. The zero-order valence-electron chi connectivity index (χ0n) is 10.3. The molecule has 0 aromatic heterocycles. The Labute approximate surface area is 111 Å². The maximum Gasteiger partial charge on any atom is 0.148 e. The van der Waals surface area contributed by atoms with Crippen molar-refractivity contribution in [1.82, 2.24) is 0 Å². The molecule has 0 saturated carbocycles. The van der Waals surface area contributed by atoms with Crippen LogP contribution in [0.15, 0.2) is 23.1 Å². The summed E-state index contributed by atoms with van der Waals surface area (Å²) in [7, 11) is -1.43. The van der Waals surface area contributed by atoms with Crippen LogP contribution in [-0.2, 0) is 9.84 Å². The van der Waals surface area contributed by atoms with Crippen LogP contribution >= 0.6 is 11.8 Å². The third kappa shape index (κ3) is 4.58. The van der Waals surface area contributed by atoms with Gasteiger partial charge in [-0.3, -0.25) is 5.41 Å². The molecule has 100 valence electrons. The quantitative estimate of drug-likeness (QED) is 0.465. The maximum atomic E-state index is 11.1. The number of benzene rings is 1. The van der Waals surface area contributed by atoms with Gasteiger partial charge in [0, 0.05) is 22.5 Å². The Morgan fingerprint density at radius 3 is 2.67 bits per heavy atom. The lowest BCUT2D eigenvalue weighted by atomic mass is 10.2. The second kappa shape index (κ2) is 6.10. The number of rotatable bonds is 6. The minimum Gasteiger partial charge on any atom is -0.497 e. The normalized spacial score (nSPS) is 11.2. The zero-order valence-corrected chi connectivity index (χ0v) is 11.9. The predicted octanol–water partition coefficient (Wildman–Crippen LogP) is 1.12. The van der Waals surface area contributed by atoms with Crippen molar-refractivity contribution in [3.8, 4) is 5.75 Å². The highest BCUT2D eigenvalue weighted by Gasteiger charge is 2.09. The van der Waals surface area contributed by atoms with Gasteiger partial charge in [0.15, 0.2) is 0 Å². The number of nitrogen functional groups attached to an aromatic ring is 1. The number of sulfone groups is 1.